The summed E-state index contributed by atoms with van der Waals surface area (Å²) >= 11 is 0. The molecule has 2 N–H and O–H groups in total. The molecule has 2 aliphatic rings. The van der Waals surface area contributed by atoms with E-state index in [1.165, 1.54) is 11.1 Å². The zero-order valence-electron chi connectivity index (χ0n) is 19.9. The summed E-state index contributed by atoms with van der Waals surface area (Å²) in [7, 11) is 1.68. The Kier molecular flexibility index (Phi) is 7.37. The first-order valence-corrected chi connectivity index (χ1v) is 11.9. The third kappa shape index (κ3) is 4.93. The van der Waals surface area contributed by atoms with E-state index in [2.05, 4.69) is 40.5 Å². The maximum atomic E-state index is 12.7. The van der Waals surface area contributed by atoms with Gasteiger partial charge in [0.2, 0.25) is 5.91 Å². The zero-order valence-corrected chi connectivity index (χ0v) is 19.9. The summed E-state index contributed by atoms with van der Waals surface area (Å²) in [5, 5.41) is 13.1. The average Bonchev–Trinajstić information content (AvgIpc) is 3.05. The van der Waals surface area contributed by atoms with E-state index >= 15 is 0 Å². The fourth-order valence-electron chi connectivity index (χ4n) is 5.42. The molecule has 1 heterocycles. The number of likely N-dealkylation sites (tertiary alicyclic amines) is 1. The van der Waals surface area contributed by atoms with E-state index in [9.17, 15) is 9.90 Å². The quantitative estimate of drug-likeness (QED) is 0.597. The van der Waals surface area contributed by atoms with Crippen LogP contribution in [0, 0.1) is 5.92 Å². The third-order valence-electron chi connectivity index (χ3n) is 7.15. The summed E-state index contributed by atoms with van der Waals surface area (Å²) in [6, 6.07) is 15.8. The van der Waals surface area contributed by atoms with E-state index < -0.39 is 0 Å². The Labute approximate surface area is 196 Å². The SMILES string of the molecule is COCCO[C@@H]1[C@@H](NC(=O)C(C)C)c2ccccc2C12CCN(Cc1cccc(O)c1)CC2. The first kappa shape index (κ1) is 23.7. The molecule has 2 aromatic carbocycles. The smallest absolute Gasteiger partial charge is 0.223 e. The average molecular weight is 453 g/mol. The van der Waals surface area contributed by atoms with E-state index in [1.807, 2.05) is 26.0 Å². The maximum absolute atomic E-state index is 12.7. The van der Waals surface area contributed by atoms with Crippen molar-refractivity contribution in [3.63, 3.8) is 0 Å². The Balaban J connectivity index is 1.58. The van der Waals surface area contributed by atoms with Crippen molar-refractivity contribution in [2.75, 3.05) is 33.4 Å². The Hall–Kier alpha value is -2.41. The number of amides is 1. The second-order valence-electron chi connectivity index (χ2n) is 9.61. The van der Waals surface area contributed by atoms with Gasteiger partial charge in [0.25, 0.3) is 0 Å². The summed E-state index contributed by atoms with van der Waals surface area (Å²) in [6.45, 7) is 7.54. The highest BCUT2D eigenvalue weighted by molar-refractivity contribution is 5.78. The Morgan fingerprint density at radius 1 is 1.15 bits per heavy atom. The van der Waals surface area contributed by atoms with Crippen molar-refractivity contribution < 1.29 is 19.4 Å². The second-order valence-corrected chi connectivity index (χ2v) is 9.61. The largest absolute Gasteiger partial charge is 0.508 e. The van der Waals surface area contributed by atoms with Gasteiger partial charge in [0.15, 0.2) is 0 Å². The standard InChI is InChI=1S/C27H36N2O4/c1-19(2)26(31)28-24-22-9-4-5-10-23(22)27(25(24)33-16-15-32-3)11-13-29(14-12-27)18-20-7-6-8-21(30)17-20/h4-10,17,19,24-25,30H,11-16,18H2,1-3H3,(H,28,31)/t24-,25+/m0/s1. The van der Waals surface area contributed by atoms with E-state index in [4.69, 9.17) is 9.47 Å². The van der Waals surface area contributed by atoms with E-state index in [-0.39, 0.29) is 29.4 Å². The molecule has 1 spiro atoms. The lowest BCUT2D eigenvalue weighted by atomic mass is 9.71. The topological polar surface area (TPSA) is 71.0 Å². The Morgan fingerprint density at radius 2 is 1.91 bits per heavy atom. The number of phenolic OH excluding ortho intramolecular Hbond substituents is 1. The molecule has 1 amide bonds. The number of hydrogen-bond donors (Lipinski definition) is 2. The number of aromatic hydroxyl groups is 1. The van der Waals surface area contributed by atoms with Gasteiger partial charge in [-0.2, -0.15) is 0 Å². The highest BCUT2D eigenvalue weighted by Crippen LogP contribution is 2.52. The number of ether oxygens (including phenoxy) is 2. The molecule has 4 rings (SSSR count). The number of piperidine rings is 1. The van der Waals surface area contributed by atoms with Gasteiger partial charge in [-0.1, -0.05) is 50.2 Å². The van der Waals surface area contributed by atoms with Gasteiger partial charge in [0.05, 0.1) is 25.4 Å². The van der Waals surface area contributed by atoms with Gasteiger partial charge >= 0.3 is 0 Å². The van der Waals surface area contributed by atoms with E-state index in [1.54, 1.807) is 13.2 Å². The highest BCUT2D eigenvalue weighted by atomic mass is 16.5. The number of nitrogens with one attached hydrogen (secondary N) is 1. The van der Waals surface area contributed by atoms with Gasteiger partial charge in [-0.05, 0) is 54.8 Å². The molecule has 6 heteroatoms. The number of carbonyl (C=O) groups excluding carboxylic acids is 1. The van der Waals surface area contributed by atoms with Gasteiger partial charge in [0, 0.05) is 25.0 Å². The van der Waals surface area contributed by atoms with Crippen molar-refractivity contribution in [1.29, 1.82) is 0 Å². The molecule has 0 unspecified atom stereocenters. The minimum absolute atomic E-state index is 0.0496. The van der Waals surface area contributed by atoms with Crippen LogP contribution < -0.4 is 5.32 Å². The van der Waals surface area contributed by atoms with Crippen LogP contribution in [0.5, 0.6) is 5.75 Å². The predicted octanol–water partition coefficient (Wildman–Crippen LogP) is 3.78. The van der Waals surface area contributed by atoms with E-state index in [0.29, 0.717) is 19.0 Å². The van der Waals surface area contributed by atoms with Crippen LogP contribution in [0.1, 0.15) is 49.4 Å². The lowest BCUT2D eigenvalue weighted by Gasteiger charge is -2.44. The molecule has 0 saturated carbocycles. The minimum Gasteiger partial charge on any atom is -0.508 e. The van der Waals surface area contributed by atoms with Crippen molar-refractivity contribution in [1.82, 2.24) is 10.2 Å². The third-order valence-corrected chi connectivity index (χ3v) is 7.15. The molecule has 2 atom stereocenters. The molecule has 1 aliphatic carbocycles. The van der Waals surface area contributed by atoms with Gasteiger partial charge in [-0.15, -0.1) is 0 Å². The number of rotatable bonds is 8. The van der Waals surface area contributed by atoms with Gasteiger partial charge in [0.1, 0.15) is 5.75 Å². The maximum Gasteiger partial charge on any atom is 0.223 e. The van der Waals surface area contributed by atoms with Crippen molar-refractivity contribution >= 4 is 5.91 Å². The molecule has 6 nitrogen and oxygen atoms in total. The minimum atomic E-state index is -0.162. The van der Waals surface area contributed by atoms with Crippen LogP contribution in [0.3, 0.4) is 0 Å². The summed E-state index contributed by atoms with van der Waals surface area (Å²) in [5.74, 6) is 0.270. The molecule has 1 fully saturated rings. The number of nitrogens with zero attached hydrogens (tertiary/aromatic N) is 1. The van der Waals surface area contributed by atoms with Crippen molar-refractivity contribution in [2.45, 2.75) is 50.8 Å². The van der Waals surface area contributed by atoms with Crippen LogP contribution in [0.4, 0.5) is 0 Å². The van der Waals surface area contributed by atoms with Crippen LogP contribution in [0.25, 0.3) is 0 Å². The van der Waals surface area contributed by atoms with Crippen molar-refractivity contribution in [3.8, 4) is 5.75 Å². The highest BCUT2D eigenvalue weighted by Gasteiger charge is 2.54. The number of methoxy groups -OCH3 is 1. The van der Waals surface area contributed by atoms with Gasteiger partial charge in [-0.25, -0.2) is 0 Å². The second kappa shape index (κ2) is 10.2. The molecule has 1 saturated heterocycles. The molecule has 33 heavy (non-hydrogen) atoms. The number of phenols is 1. The molecule has 0 aromatic heterocycles. The molecule has 1 aliphatic heterocycles. The molecule has 2 aromatic rings. The fraction of sp³-hybridized carbons (Fsp3) is 0.519. The van der Waals surface area contributed by atoms with Crippen LogP contribution >= 0.6 is 0 Å². The number of benzene rings is 2. The van der Waals surface area contributed by atoms with Gasteiger partial charge < -0.3 is 19.9 Å². The Morgan fingerprint density at radius 3 is 2.61 bits per heavy atom. The fourth-order valence-corrected chi connectivity index (χ4v) is 5.42. The van der Waals surface area contributed by atoms with Crippen molar-refractivity contribution in [2.24, 2.45) is 5.92 Å². The monoisotopic (exact) mass is 452 g/mol. The van der Waals surface area contributed by atoms with Crippen LogP contribution in [0.2, 0.25) is 0 Å². The summed E-state index contributed by atoms with van der Waals surface area (Å²) in [6.07, 6.45) is 1.78. The lowest BCUT2D eigenvalue weighted by Crippen LogP contribution is -2.51. The first-order valence-electron chi connectivity index (χ1n) is 11.9. The summed E-state index contributed by atoms with van der Waals surface area (Å²) < 4.78 is 11.8. The van der Waals surface area contributed by atoms with E-state index in [0.717, 1.165) is 38.0 Å². The normalized spacial score (nSPS) is 21.9. The molecule has 178 valence electrons. The Bertz CT molecular complexity index is 953. The van der Waals surface area contributed by atoms with Gasteiger partial charge in [-0.3, -0.25) is 9.69 Å². The number of hydrogen-bond acceptors (Lipinski definition) is 5. The predicted molar refractivity (Wildman–Crippen MR) is 128 cm³/mol. The number of fused-ring (bicyclic) bond motifs is 2. The summed E-state index contributed by atoms with van der Waals surface area (Å²) in [5.41, 5.74) is 3.45. The first-order chi connectivity index (χ1) is 15.9. The van der Waals surface area contributed by atoms with Crippen LogP contribution in [-0.2, 0) is 26.2 Å². The molecule has 0 bridgehead atoms. The molecule has 0 radical (unpaired) electrons. The number of carbonyl (C=O) groups is 1. The van der Waals surface area contributed by atoms with Crippen LogP contribution in [-0.4, -0.2) is 55.4 Å². The molecular formula is C27H36N2O4. The lowest BCUT2D eigenvalue weighted by molar-refractivity contribution is -0.127. The van der Waals surface area contributed by atoms with Crippen molar-refractivity contribution in [3.05, 3.63) is 65.2 Å². The molecular weight excluding hydrogens is 416 g/mol. The van der Waals surface area contributed by atoms with Crippen LogP contribution in [0.15, 0.2) is 48.5 Å². The summed E-state index contributed by atoms with van der Waals surface area (Å²) in [4.78, 5) is 15.2. The zero-order chi connectivity index (χ0) is 23.4.